The number of rotatable bonds is 7. The molecule has 1 unspecified atom stereocenters. The van der Waals surface area contributed by atoms with E-state index >= 15 is 0 Å². The van der Waals surface area contributed by atoms with Crippen LogP contribution < -0.4 is 5.32 Å². The highest BCUT2D eigenvalue weighted by molar-refractivity contribution is 5.96. The van der Waals surface area contributed by atoms with E-state index in [-0.39, 0.29) is 17.8 Å². The molecule has 0 saturated carbocycles. The van der Waals surface area contributed by atoms with Gasteiger partial charge < -0.3 is 10.1 Å². The summed E-state index contributed by atoms with van der Waals surface area (Å²) in [6, 6.07) is 9.98. The highest BCUT2D eigenvalue weighted by atomic mass is 19.1. The van der Waals surface area contributed by atoms with Gasteiger partial charge in [-0.05, 0) is 59.7 Å². The Balaban J connectivity index is 2.10. The van der Waals surface area contributed by atoms with Gasteiger partial charge in [-0.25, -0.2) is 4.39 Å². The standard InChI is InChI=1S/C21H24FN5O2/c1-5-20-24-25-26-27(20)17-10-15(18-7-6-13(2)8-19(18)22)9-16(11-17)21(28)23-14(3)12-29-4/h6-11,14H,5,12H2,1-4H3,(H,23,28). The molecule has 29 heavy (non-hydrogen) atoms. The first-order chi connectivity index (χ1) is 13.9. The Bertz CT molecular complexity index is 1020. The minimum atomic E-state index is -0.353. The molecule has 0 spiro atoms. The Morgan fingerprint density at radius 3 is 2.76 bits per heavy atom. The topological polar surface area (TPSA) is 81.9 Å². The van der Waals surface area contributed by atoms with Gasteiger partial charge in [-0.15, -0.1) is 5.10 Å². The number of carbonyl (C=O) groups excluding carboxylic acids is 1. The summed E-state index contributed by atoms with van der Waals surface area (Å²) in [6.45, 7) is 6.00. The first kappa shape index (κ1) is 20.6. The maximum atomic E-state index is 14.6. The lowest BCUT2D eigenvalue weighted by Crippen LogP contribution is -2.35. The molecule has 8 heteroatoms. The third kappa shape index (κ3) is 4.65. The highest BCUT2D eigenvalue weighted by Crippen LogP contribution is 2.27. The number of nitrogens with one attached hydrogen (secondary N) is 1. The molecule has 0 bridgehead atoms. The number of benzene rings is 2. The van der Waals surface area contributed by atoms with E-state index in [0.717, 1.165) is 5.56 Å². The van der Waals surface area contributed by atoms with Crippen LogP contribution in [0.5, 0.6) is 0 Å². The van der Waals surface area contributed by atoms with Crippen LogP contribution >= 0.6 is 0 Å². The second-order valence-corrected chi connectivity index (χ2v) is 6.94. The number of ether oxygens (including phenoxy) is 1. The van der Waals surface area contributed by atoms with Gasteiger partial charge in [0.05, 0.1) is 12.3 Å². The monoisotopic (exact) mass is 397 g/mol. The number of nitrogens with zero attached hydrogens (tertiary/aromatic N) is 4. The fourth-order valence-electron chi connectivity index (χ4n) is 3.10. The van der Waals surface area contributed by atoms with Gasteiger partial charge in [0.2, 0.25) is 0 Å². The van der Waals surface area contributed by atoms with Crippen LogP contribution in [0, 0.1) is 12.7 Å². The predicted octanol–water partition coefficient (Wildman–Crippen LogP) is 3.10. The summed E-state index contributed by atoms with van der Waals surface area (Å²) in [7, 11) is 1.57. The van der Waals surface area contributed by atoms with Crippen molar-refractivity contribution in [3.8, 4) is 16.8 Å². The summed E-state index contributed by atoms with van der Waals surface area (Å²) in [6.07, 6.45) is 0.614. The van der Waals surface area contributed by atoms with E-state index in [1.54, 1.807) is 36.1 Å². The fourth-order valence-corrected chi connectivity index (χ4v) is 3.10. The molecule has 3 aromatic rings. The van der Waals surface area contributed by atoms with Gasteiger partial charge in [0.1, 0.15) is 5.82 Å². The third-order valence-corrected chi connectivity index (χ3v) is 4.50. The van der Waals surface area contributed by atoms with Gasteiger partial charge >= 0.3 is 0 Å². The van der Waals surface area contributed by atoms with Gasteiger partial charge in [-0.3, -0.25) is 4.79 Å². The third-order valence-electron chi connectivity index (χ3n) is 4.50. The zero-order chi connectivity index (χ0) is 21.0. The zero-order valence-corrected chi connectivity index (χ0v) is 16.9. The number of hydrogen-bond donors (Lipinski definition) is 1. The maximum absolute atomic E-state index is 14.6. The summed E-state index contributed by atoms with van der Waals surface area (Å²) in [5.41, 5.74) is 2.78. The average molecular weight is 397 g/mol. The summed E-state index contributed by atoms with van der Waals surface area (Å²) in [5.74, 6) is 0.00983. The number of tetrazole rings is 1. The van der Waals surface area contributed by atoms with Crippen LogP contribution in [0.1, 0.15) is 35.6 Å². The second kappa shape index (κ2) is 8.91. The van der Waals surface area contributed by atoms with E-state index in [1.165, 1.54) is 6.07 Å². The summed E-state index contributed by atoms with van der Waals surface area (Å²) in [5, 5.41) is 14.6. The number of aromatic nitrogens is 4. The zero-order valence-electron chi connectivity index (χ0n) is 16.9. The van der Waals surface area contributed by atoms with E-state index in [1.807, 2.05) is 26.8 Å². The molecule has 1 atom stereocenters. The van der Waals surface area contributed by atoms with Crippen molar-refractivity contribution in [3.63, 3.8) is 0 Å². The van der Waals surface area contributed by atoms with E-state index in [0.29, 0.717) is 41.2 Å². The Hall–Kier alpha value is -3.13. The Morgan fingerprint density at radius 2 is 2.07 bits per heavy atom. The molecule has 0 radical (unpaired) electrons. The molecule has 152 valence electrons. The smallest absolute Gasteiger partial charge is 0.251 e. The second-order valence-electron chi connectivity index (χ2n) is 6.94. The van der Waals surface area contributed by atoms with Crippen molar-refractivity contribution < 1.29 is 13.9 Å². The number of carbonyl (C=O) groups is 1. The number of methoxy groups -OCH3 is 1. The van der Waals surface area contributed by atoms with E-state index < -0.39 is 0 Å². The van der Waals surface area contributed by atoms with E-state index in [9.17, 15) is 9.18 Å². The molecule has 0 aliphatic carbocycles. The lowest BCUT2D eigenvalue weighted by Gasteiger charge is -2.15. The molecule has 0 aliphatic heterocycles. The molecule has 1 aromatic heterocycles. The van der Waals surface area contributed by atoms with Crippen LogP contribution in [0.25, 0.3) is 16.8 Å². The minimum absolute atomic E-state index is 0.171. The minimum Gasteiger partial charge on any atom is -0.383 e. The van der Waals surface area contributed by atoms with Crippen molar-refractivity contribution in [3.05, 3.63) is 59.2 Å². The molecular weight excluding hydrogens is 373 g/mol. The van der Waals surface area contributed by atoms with Crippen LogP contribution in [0.4, 0.5) is 4.39 Å². The van der Waals surface area contributed by atoms with Crippen molar-refractivity contribution in [2.24, 2.45) is 0 Å². The number of hydrogen-bond acceptors (Lipinski definition) is 5. The highest BCUT2D eigenvalue weighted by Gasteiger charge is 2.16. The molecule has 0 fully saturated rings. The Labute approximate surface area is 168 Å². The first-order valence-electron chi connectivity index (χ1n) is 9.42. The van der Waals surface area contributed by atoms with Crippen molar-refractivity contribution in [1.82, 2.24) is 25.5 Å². The van der Waals surface area contributed by atoms with Gasteiger partial charge in [0, 0.05) is 30.7 Å². The van der Waals surface area contributed by atoms with Crippen molar-refractivity contribution in [1.29, 1.82) is 0 Å². The largest absolute Gasteiger partial charge is 0.383 e. The maximum Gasteiger partial charge on any atom is 0.251 e. The average Bonchev–Trinajstić information content (AvgIpc) is 3.16. The fraction of sp³-hybridized carbons (Fsp3) is 0.333. The lowest BCUT2D eigenvalue weighted by molar-refractivity contribution is 0.0905. The SMILES string of the molecule is CCc1nnnn1-c1cc(C(=O)NC(C)COC)cc(-c2ccc(C)cc2F)c1. The first-order valence-corrected chi connectivity index (χ1v) is 9.42. The number of aryl methyl sites for hydroxylation is 2. The normalized spacial score (nSPS) is 12.0. The Kier molecular flexibility index (Phi) is 6.33. The summed E-state index contributed by atoms with van der Waals surface area (Å²) < 4.78 is 21.3. The van der Waals surface area contributed by atoms with E-state index in [2.05, 4.69) is 20.8 Å². The van der Waals surface area contributed by atoms with Gasteiger partial charge in [-0.2, -0.15) is 4.68 Å². The van der Waals surface area contributed by atoms with Crippen molar-refractivity contribution >= 4 is 5.91 Å². The van der Waals surface area contributed by atoms with Crippen molar-refractivity contribution in [2.45, 2.75) is 33.2 Å². The van der Waals surface area contributed by atoms with E-state index in [4.69, 9.17) is 4.74 Å². The number of amides is 1. The molecule has 7 nitrogen and oxygen atoms in total. The molecule has 1 heterocycles. The molecule has 1 N–H and O–H groups in total. The van der Waals surface area contributed by atoms with Crippen LogP contribution in [0.3, 0.4) is 0 Å². The summed E-state index contributed by atoms with van der Waals surface area (Å²) >= 11 is 0. The molecular formula is C21H24FN5O2. The van der Waals surface area contributed by atoms with Crippen LogP contribution in [0.15, 0.2) is 36.4 Å². The predicted molar refractivity (Wildman–Crippen MR) is 107 cm³/mol. The van der Waals surface area contributed by atoms with Gasteiger partial charge in [0.25, 0.3) is 5.91 Å². The van der Waals surface area contributed by atoms with Crippen molar-refractivity contribution in [2.75, 3.05) is 13.7 Å². The number of halogens is 1. The van der Waals surface area contributed by atoms with Gasteiger partial charge in [0.15, 0.2) is 5.82 Å². The van der Waals surface area contributed by atoms with Crippen LogP contribution in [-0.4, -0.2) is 45.9 Å². The lowest BCUT2D eigenvalue weighted by atomic mass is 9.99. The molecule has 0 saturated heterocycles. The van der Waals surface area contributed by atoms with Crippen LogP contribution in [0.2, 0.25) is 0 Å². The van der Waals surface area contributed by atoms with Crippen LogP contribution in [-0.2, 0) is 11.2 Å². The summed E-state index contributed by atoms with van der Waals surface area (Å²) in [4.78, 5) is 12.8. The Morgan fingerprint density at radius 1 is 1.28 bits per heavy atom. The molecule has 0 aliphatic rings. The molecule has 3 rings (SSSR count). The van der Waals surface area contributed by atoms with Gasteiger partial charge in [-0.1, -0.05) is 19.1 Å². The molecule has 2 aromatic carbocycles. The quantitative estimate of drug-likeness (QED) is 0.662. The molecule has 1 amide bonds.